The summed E-state index contributed by atoms with van der Waals surface area (Å²) < 4.78 is 34.9. The van der Waals surface area contributed by atoms with Gasteiger partial charge in [-0.05, 0) is 25.0 Å². The number of amides is 1. The predicted octanol–water partition coefficient (Wildman–Crippen LogP) is 1.78. The van der Waals surface area contributed by atoms with Gasteiger partial charge in [0.1, 0.15) is 18.5 Å². The average molecular weight is 300 g/mol. The van der Waals surface area contributed by atoms with Gasteiger partial charge in [0, 0.05) is 6.54 Å². The highest BCUT2D eigenvalue weighted by Gasteiger charge is 2.30. The van der Waals surface area contributed by atoms with Crippen LogP contribution in [-0.4, -0.2) is 37.7 Å². The van der Waals surface area contributed by atoms with E-state index in [1.807, 2.05) is 0 Å². The number of alkyl halides is 2. The van der Waals surface area contributed by atoms with E-state index < -0.39 is 19.1 Å². The van der Waals surface area contributed by atoms with Crippen molar-refractivity contribution < 1.29 is 23.0 Å². The Morgan fingerprint density at radius 1 is 1.43 bits per heavy atom. The van der Waals surface area contributed by atoms with Gasteiger partial charge in [0.15, 0.2) is 0 Å². The highest BCUT2D eigenvalue weighted by molar-refractivity contribution is 5.95. The molecule has 2 rings (SSSR count). The average Bonchev–Trinajstić information content (AvgIpc) is 2.95. The molecule has 1 saturated heterocycles. The highest BCUT2D eigenvalue weighted by atomic mass is 19.3. The minimum absolute atomic E-state index is 0.105. The van der Waals surface area contributed by atoms with E-state index in [0.29, 0.717) is 18.7 Å². The van der Waals surface area contributed by atoms with Crippen molar-refractivity contribution in [2.45, 2.75) is 31.5 Å². The fraction of sp³-hybridized carbons (Fsp3) is 0.500. The molecule has 21 heavy (non-hydrogen) atoms. The van der Waals surface area contributed by atoms with Crippen molar-refractivity contribution in [2.24, 2.45) is 5.73 Å². The number of halogens is 2. The van der Waals surface area contributed by atoms with Crippen LogP contribution in [0.2, 0.25) is 0 Å². The van der Waals surface area contributed by atoms with Gasteiger partial charge in [0.05, 0.1) is 11.8 Å². The summed E-state index contributed by atoms with van der Waals surface area (Å²) in [5.74, 6) is -0.112. The number of carbonyl (C=O) groups is 1. The lowest BCUT2D eigenvalue weighted by atomic mass is 10.2. The first-order valence-electron chi connectivity index (χ1n) is 6.76. The number of para-hydroxylation sites is 2. The standard InChI is InChI=1S/C14H18F2N2O3/c15-13(16)8-20-11-4-2-1-3-10(11)18-14(19)12-6-5-9(7-17)21-12/h1-4,9,12-13H,5-8,17H2,(H,18,19)/t9-,12+/m1/s1. The molecule has 5 nitrogen and oxygen atoms in total. The molecule has 116 valence electrons. The van der Waals surface area contributed by atoms with Crippen molar-refractivity contribution in [3.8, 4) is 5.75 Å². The number of anilines is 1. The van der Waals surface area contributed by atoms with Gasteiger partial charge < -0.3 is 20.5 Å². The minimum Gasteiger partial charge on any atom is -0.485 e. The highest BCUT2D eigenvalue weighted by Crippen LogP contribution is 2.26. The predicted molar refractivity (Wildman–Crippen MR) is 73.5 cm³/mol. The van der Waals surface area contributed by atoms with E-state index in [4.69, 9.17) is 15.2 Å². The molecule has 1 amide bonds. The maximum absolute atomic E-state index is 12.2. The second kappa shape index (κ2) is 7.33. The molecule has 0 spiro atoms. The molecule has 0 bridgehead atoms. The van der Waals surface area contributed by atoms with Crippen molar-refractivity contribution in [3.63, 3.8) is 0 Å². The van der Waals surface area contributed by atoms with Crippen LogP contribution < -0.4 is 15.8 Å². The number of ether oxygens (including phenoxy) is 2. The van der Waals surface area contributed by atoms with Gasteiger partial charge in [0.25, 0.3) is 12.3 Å². The van der Waals surface area contributed by atoms with Crippen LogP contribution in [0.4, 0.5) is 14.5 Å². The minimum atomic E-state index is -2.57. The number of rotatable bonds is 6. The third-order valence-corrected chi connectivity index (χ3v) is 3.17. The first-order valence-corrected chi connectivity index (χ1v) is 6.76. The quantitative estimate of drug-likeness (QED) is 0.840. The fourth-order valence-corrected chi connectivity index (χ4v) is 2.13. The molecule has 0 radical (unpaired) electrons. The molecule has 1 aliphatic heterocycles. The summed E-state index contributed by atoms with van der Waals surface area (Å²) in [4.78, 5) is 12.1. The van der Waals surface area contributed by atoms with Crippen LogP contribution in [0.25, 0.3) is 0 Å². The Balaban J connectivity index is 1.97. The van der Waals surface area contributed by atoms with Crippen molar-refractivity contribution in [1.29, 1.82) is 0 Å². The summed E-state index contributed by atoms with van der Waals surface area (Å²) >= 11 is 0. The van der Waals surface area contributed by atoms with Crippen LogP contribution in [0, 0.1) is 0 Å². The summed E-state index contributed by atoms with van der Waals surface area (Å²) in [6, 6.07) is 6.44. The molecule has 1 aromatic rings. The number of benzene rings is 1. The summed E-state index contributed by atoms with van der Waals surface area (Å²) in [5.41, 5.74) is 5.84. The van der Waals surface area contributed by atoms with Crippen LogP contribution in [-0.2, 0) is 9.53 Å². The first kappa shape index (κ1) is 15.7. The van der Waals surface area contributed by atoms with Crippen LogP contribution in [0.5, 0.6) is 5.75 Å². The molecule has 0 aliphatic carbocycles. The van der Waals surface area contributed by atoms with Gasteiger partial charge in [-0.3, -0.25) is 4.79 Å². The summed E-state index contributed by atoms with van der Waals surface area (Å²) in [6.45, 7) is -0.347. The molecule has 1 fully saturated rings. The van der Waals surface area contributed by atoms with Crippen LogP contribution >= 0.6 is 0 Å². The van der Waals surface area contributed by atoms with E-state index in [1.54, 1.807) is 18.2 Å². The normalized spacial score (nSPS) is 21.5. The molecule has 0 saturated carbocycles. The van der Waals surface area contributed by atoms with Gasteiger partial charge >= 0.3 is 0 Å². The van der Waals surface area contributed by atoms with E-state index in [1.165, 1.54) is 6.07 Å². The van der Waals surface area contributed by atoms with Crippen LogP contribution in [0.3, 0.4) is 0 Å². The zero-order valence-electron chi connectivity index (χ0n) is 11.4. The van der Waals surface area contributed by atoms with Gasteiger partial charge in [-0.2, -0.15) is 0 Å². The van der Waals surface area contributed by atoms with Crippen LogP contribution in [0.1, 0.15) is 12.8 Å². The third kappa shape index (κ3) is 4.37. The first-order chi connectivity index (χ1) is 10.1. The Hall–Kier alpha value is -1.73. The van der Waals surface area contributed by atoms with Gasteiger partial charge in [-0.25, -0.2) is 8.78 Å². The largest absolute Gasteiger partial charge is 0.485 e. The van der Waals surface area contributed by atoms with E-state index in [2.05, 4.69) is 5.32 Å². The lowest BCUT2D eigenvalue weighted by Crippen LogP contribution is -2.30. The number of hydrogen-bond donors (Lipinski definition) is 2. The zero-order chi connectivity index (χ0) is 15.2. The van der Waals surface area contributed by atoms with Crippen LogP contribution in [0.15, 0.2) is 24.3 Å². The van der Waals surface area contributed by atoms with Gasteiger partial charge in [0.2, 0.25) is 0 Å². The molecule has 2 atom stereocenters. The molecular formula is C14H18F2N2O3. The fourth-order valence-electron chi connectivity index (χ4n) is 2.13. The smallest absolute Gasteiger partial charge is 0.272 e. The van der Waals surface area contributed by atoms with Crippen molar-refractivity contribution >= 4 is 11.6 Å². The Kier molecular flexibility index (Phi) is 5.46. The van der Waals surface area contributed by atoms with Crippen molar-refractivity contribution in [3.05, 3.63) is 24.3 Å². The summed E-state index contributed by atoms with van der Waals surface area (Å²) in [7, 11) is 0. The Bertz CT molecular complexity index is 485. The second-order valence-corrected chi connectivity index (χ2v) is 4.75. The molecule has 7 heteroatoms. The zero-order valence-corrected chi connectivity index (χ0v) is 11.4. The summed E-state index contributed by atoms with van der Waals surface area (Å²) in [5, 5.41) is 2.65. The molecule has 1 aromatic carbocycles. The topological polar surface area (TPSA) is 73.6 Å². The number of nitrogens with one attached hydrogen (secondary N) is 1. The Labute approximate surface area is 121 Å². The van der Waals surface area contributed by atoms with E-state index in [-0.39, 0.29) is 17.8 Å². The maximum Gasteiger partial charge on any atom is 0.272 e. The SMILES string of the molecule is NC[C@H]1CC[C@@H](C(=O)Nc2ccccc2OCC(F)F)O1. The number of nitrogens with two attached hydrogens (primary N) is 1. The van der Waals surface area contributed by atoms with E-state index in [0.717, 1.165) is 6.42 Å². The van der Waals surface area contributed by atoms with E-state index in [9.17, 15) is 13.6 Å². The second-order valence-electron chi connectivity index (χ2n) is 4.75. The maximum atomic E-state index is 12.2. The third-order valence-electron chi connectivity index (χ3n) is 3.17. The number of carbonyl (C=O) groups excluding carboxylic acids is 1. The van der Waals surface area contributed by atoms with Crippen molar-refractivity contribution in [2.75, 3.05) is 18.5 Å². The monoisotopic (exact) mass is 300 g/mol. The molecule has 1 heterocycles. The molecule has 0 unspecified atom stereocenters. The lowest BCUT2D eigenvalue weighted by Gasteiger charge is -2.15. The Morgan fingerprint density at radius 2 is 2.19 bits per heavy atom. The molecule has 3 N–H and O–H groups in total. The van der Waals surface area contributed by atoms with Crippen molar-refractivity contribution in [1.82, 2.24) is 0 Å². The van der Waals surface area contributed by atoms with Gasteiger partial charge in [-0.15, -0.1) is 0 Å². The molecule has 0 aromatic heterocycles. The van der Waals surface area contributed by atoms with E-state index >= 15 is 0 Å². The summed E-state index contributed by atoms with van der Waals surface area (Å²) in [6.07, 6.45) is -1.92. The van der Waals surface area contributed by atoms with Gasteiger partial charge in [-0.1, -0.05) is 12.1 Å². The lowest BCUT2D eigenvalue weighted by molar-refractivity contribution is -0.126. The molecule has 1 aliphatic rings. The number of hydrogen-bond acceptors (Lipinski definition) is 4. The molecular weight excluding hydrogens is 282 g/mol. The Morgan fingerprint density at radius 3 is 2.86 bits per heavy atom.